The van der Waals surface area contributed by atoms with Gasteiger partial charge in [0.15, 0.2) is 0 Å². The molecule has 1 aromatic carbocycles. The summed E-state index contributed by atoms with van der Waals surface area (Å²) in [5.74, 6) is -1.61. The number of carbonyl (C=O) groups excluding carboxylic acids is 2. The quantitative estimate of drug-likeness (QED) is 0.857. The number of rotatable bonds is 5. The molecule has 6 nitrogen and oxygen atoms in total. The van der Waals surface area contributed by atoms with Crippen molar-refractivity contribution in [1.82, 2.24) is 4.90 Å². The number of anilines is 1. The van der Waals surface area contributed by atoms with Gasteiger partial charge in [-0.25, -0.2) is 4.79 Å². The molecule has 0 radical (unpaired) electrons. The second kappa shape index (κ2) is 7.48. The molecular weight excluding hydrogens is 340 g/mol. The van der Waals surface area contributed by atoms with Gasteiger partial charge in [0.25, 0.3) is 11.8 Å². The van der Waals surface area contributed by atoms with Gasteiger partial charge in [-0.1, -0.05) is 6.92 Å². The van der Waals surface area contributed by atoms with Gasteiger partial charge in [-0.2, -0.15) is 0 Å². The number of hydrogen-bond acceptors (Lipinski definition) is 4. The fourth-order valence-corrected chi connectivity index (χ4v) is 3.65. The molecule has 0 atom stereocenters. The summed E-state index contributed by atoms with van der Waals surface area (Å²) in [4.78, 5) is 38.2. The Balaban J connectivity index is 2.26. The molecular formula is C18H20N2O4S. The van der Waals surface area contributed by atoms with Crippen LogP contribution in [0.15, 0.2) is 24.3 Å². The van der Waals surface area contributed by atoms with E-state index in [0.29, 0.717) is 22.5 Å². The summed E-state index contributed by atoms with van der Waals surface area (Å²) >= 11 is 1.26. The average molecular weight is 360 g/mol. The van der Waals surface area contributed by atoms with Gasteiger partial charge in [0.1, 0.15) is 5.00 Å². The fraction of sp³-hybridized carbons (Fsp3) is 0.278. The number of aryl methyl sites for hydroxylation is 1. The summed E-state index contributed by atoms with van der Waals surface area (Å²) in [5.41, 5.74) is 1.72. The molecule has 2 rings (SSSR count). The Labute approximate surface area is 150 Å². The Bertz CT molecular complexity index is 822. The van der Waals surface area contributed by atoms with Crippen molar-refractivity contribution in [2.24, 2.45) is 0 Å². The minimum absolute atomic E-state index is 0.151. The zero-order chi connectivity index (χ0) is 18.7. The molecule has 0 saturated heterocycles. The molecule has 0 saturated carbocycles. The van der Waals surface area contributed by atoms with Crippen LogP contribution in [-0.4, -0.2) is 41.9 Å². The summed E-state index contributed by atoms with van der Waals surface area (Å²) in [6, 6.07) is 6.25. The highest BCUT2D eigenvalue weighted by atomic mass is 32.1. The summed E-state index contributed by atoms with van der Waals surface area (Å²) in [6.07, 6.45) is 0.585. The van der Waals surface area contributed by atoms with Crippen molar-refractivity contribution in [1.29, 1.82) is 0 Å². The van der Waals surface area contributed by atoms with Crippen molar-refractivity contribution in [3.05, 3.63) is 51.4 Å². The Hall–Kier alpha value is -2.67. The van der Waals surface area contributed by atoms with E-state index in [4.69, 9.17) is 0 Å². The molecule has 0 unspecified atom stereocenters. The summed E-state index contributed by atoms with van der Waals surface area (Å²) in [6.45, 7) is 3.72. The van der Waals surface area contributed by atoms with E-state index in [1.807, 2.05) is 13.8 Å². The van der Waals surface area contributed by atoms with E-state index in [0.717, 1.165) is 10.4 Å². The zero-order valence-electron chi connectivity index (χ0n) is 14.5. The molecule has 25 heavy (non-hydrogen) atoms. The largest absolute Gasteiger partial charge is 0.478 e. The lowest BCUT2D eigenvalue weighted by atomic mass is 10.1. The topological polar surface area (TPSA) is 86.7 Å². The predicted octanol–water partition coefficient (Wildman–Crippen LogP) is 3.27. The maximum Gasteiger partial charge on any atom is 0.339 e. The molecule has 2 N–H and O–H groups in total. The molecule has 1 heterocycles. The second-order valence-electron chi connectivity index (χ2n) is 5.73. The maximum absolute atomic E-state index is 12.4. The number of thiophene rings is 1. The number of amides is 2. The summed E-state index contributed by atoms with van der Waals surface area (Å²) in [7, 11) is 3.31. The van der Waals surface area contributed by atoms with Crippen LogP contribution in [0.25, 0.3) is 0 Å². The molecule has 1 aromatic heterocycles. The van der Waals surface area contributed by atoms with E-state index in [2.05, 4.69) is 5.32 Å². The van der Waals surface area contributed by atoms with Gasteiger partial charge in [-0.15, -0.1) is 11.3 Å². The van der Waals surface area contributed by atoms with E-state index in [9.17, 15) is 19.5 Å². The number of hydrogen-bond donors (Lipinski definition) is 2. The first-order chi connectivity index (χ1) is 11.8. The minimum atomic E-state index is -1.05. The van der Waals surface area contributed by atoms with Gasteiger partial charge in [-0.05, 0) is 43.2 Å². The number of nitrogens with zero attached hydrogens (tertiary/aromatic N) is 1. The molecule has 0 spiro atoms. The third-order valence-electron chi connectivity index (χ3n) is 3.80. The van der Waals surface area contributed by atoms with Crippen molar-refractivity contribution in [2.45, 2.75) is 20.3 Å². The first-order valence-electron chi connectivity index (χ1n) is 7.74. The number of carboxylic acids is 1. The van der Waals surface area contributed by atoms with Crippen LogP contribution in [0.3, 0.4) is 0 Å². The lowest BCUT2D eigenvalue weighted by molar-refractivity contribution is 0.0696. The van der Waals surface area contributed by atoms with Gasteiger partial charge < -0.3 is 15.3 Å². The van der Waals surface area contributed by atoms with E-state index in [1.165, 1.54) is 16.2 Å². The van der Waals surface area contributed by atoms with Crippen molar-refractivity contribution in [3.63, 3.8) is 0 Å². The highest BCUT2D eigenvalue weighted by molar-refractivity contribution is 7.16. The lowest BCUT2D eigenvalue weighted by Gasteiger charge is -2.10. The average Bonchev–Trinajstić information content (AvgIpc) is 2.89. The Morgan fingerprint density at radius 3 is 2.16 bits per heavy atom. The second-order valence-corrected chi connectivity index (χ2v) is 6.96. The van der Waals surface area contributed by atoms with Crippen LogP contribution in [0, 0.1) is 6.92 Å². The van der Waals surface area contributed by atoms with E-state index < -0.39 is 11.9 Å². The molecule has 0 aliphatic carbocycles. The van der Waals surface area contributed by atoms with Crippen molar-refractivity contribution in [3.8, 4) is 0 Å². The van der Waals surface area contributed by atoms with Crippen LogP contribution in [-0.2, 0) is 6.42 Å². The van der Waals surface area contributed by atoms with Gasteiger partial charge in [0, 0.05) is 30.1 Å². The third-order valence-corrected chi connectivity index (χ3v) is 4.87. The molecule has 0 aliphatic rings. The van der Waals surface area contributed by atoms with Gasteiger partial charge in [0.2, 0.25) is 0 Å². The predicted molar refractivity (Wildman–Crippen MR) is 97.8 cm³/mol. The van der Waals surface area contributed by atoms with Crippen LogP contribution >= 0.6 is 11.3 Å². The molecule has 2 amide bonds. The van der Waals surface area contributed by atoms with Crippen LogP contribution in [0.5, 0.6) is 0 Å². The Morgan fingerprint density at radius 1 is 1.12 bits per heavy atom. The van der Waals surface area contributed by atoms with E-state index >= 15 is 0 Å². The summed E-state index contributed by atoms with van der Waals surface area (Å²) in [5, 5.41) is 12.4. The van der Waals surface area contributed by atoms with Gasteiger partial charge in [0.05, 0.1) is 5.56 Å². The standard InChI is InChI=1S/C18H20N2O4S/c1-5-13-10(2)25-16(14(13)18(23)24)19-15(21)11-6-8-12(9-7-11)17(22)20(3)4/h6-9H,5H2,1-4H3,(H,19,21)(H,23,24). The highest BCUT2D eigenvalue weighted by Crippen LogP contribution is 2.33. The fourth-order valence-electron chi connectivity index (χ4n) is 2.52. The lowest BCUT2D eigenvalue weighted by Crippen LogP contribution is -2.21. The Morgan fingerprint density at radius 2 is 1.68 bits per heavy atom. The van der Waals surface area contributed by atoms with Crippen molar-refractivity contribution >= 4 is 34.1 Å². The maximum atomic E-state index is 12.4. The molecule has 0 fully saturated rings. The van der Waals surface area contributed by atoms with Crippen LogP contribution in [0.1, 0.15) is 48.4 Å². The zero-order valence-corrected chi connectivity index (χ0v) is 15.4. The Kier molecular flexibility index (Phi) is 5.58. The van der Waals surface area contributed by atoms with Crippen LogP contribution in [0.2, 0.25) is 0 Å². The number of aromatic carboxylic acids is 1. The van der Waals surface area contributed by atoms with Gasteiger partial charge in [-0.3, -0.25) is 9.59 Å². The van der Waals surface area contributed by atoms with Crippen LogP contribution < -0.4 is 5.32 Å². The summed E-state index contributed by atoms with van der Waals surface area (Å²) < 4.78 is 0. The minimum Gasteiger partial charge on any atom is -0.478 e. The monoisotopic (exact) mass is 360 g/mol. The molecule has 132 valence electrons. The molecule has 0 bridgehead atoms. The van der Waals surface area contributed by atoms with Crippen molar-refractivity contribution in [2.75, 3.05) is 19.4 Å². The van der Waals surface area contributed by atoms with E-state index in [-0.39, 0.29) is 11.5 Å². The highest BCUT2D eigenvalue weighted by Gasteiger charge is 2.22. The third kappa shape index (κ3) is 3.88. The first kappa shape index (κ1) is 18.7. The van der Waals surface area contributed by atoms with Gasteiger partial charge >= 0.3 is 5.97 Å². The number of carboxylic acid groups (broad SMARTS) is 1. The normalized spacial score (nSPS) is 10.4. The van der Waals surface area contributed by atoms with E-state index in [1.54, 1.807) is 38.4 Å². The molecule has 7 heteroatoms. The number of nitrogens with one attached hydrogen (secondary N) is 1. The number of carbonyl (C=O) groups is 3. The van der Waals surface area contributed by atoms with Crippen LogP contribution in [0.4, 0.5) is 5.00 Å². The number of benzene rings is 1. The first-order valence-corrected chi connectivity index (χ1v) is 8.56. The SMILES string of the molecule is CCc1c(C)sc(NC(=O)c2ccc(C(=O)N(C)C)cc2)c1C(=O)O. The van der Waals surface area contributed by atoms with Crippen molar-refractivity contribution < 1.29 is 19.5 Å². The smallest absolute Gasteiger partial charge is 0.339 e. The molecule has 0 aliphatic heterocycles. The molecule has 2 aromatic rings.